The standard InChI is InChI=1S/C15H24N2S/c1-12-4-6-15(7-5-12)16-8-9-17-10-11-18-14(3)13(17)2/h4-7,13-14,16H,8-11H2,1-3H3. The molecule has 100 valence electrons. The minimum Gasteiger partial charge on any atom is -0.384 e. The van der Waals surface area contributed by atoms with Crippen LogP contribution in [0.15, 0.2) is 24.3 Å². The van der Waals surface area contributed by atoms with Crippen molar-refractivity contribution < 1.29 is 0 Å². The Morgan fingerprint density at radius 2 is 2.00 bits per heavy atom. The van der Waals surface area contributed by atoms with Crippen LogP contribution < -0.4 is 5.32 Å². The molecule has 2 atom stereocenters. The molecular formula is C15H24N2S. The lowest BCUT2D eigenvalue weighted by Crippen LogP contribution is -2.46. The summed E-state index contributed by atoms with van der Waals surface area (Å²) in [7, 11) is 0. The summed E-state index contributed by atoms with van der Waals surface area (Å²) in [6, 6.07) is 9.33. The summed E-state index contributed by atoms with van der Waals surface area (Å²) < 4.78 is 0. The van der Waals surface area contributed by atoms with Crippen LogP contribution in [0.1, 0.15) is 19.4 Å². The van der Waals surface area contributed by atoms with E-state index < -0.39 is 0 Å². The number of thioether (sulfide) groups is 1. The van der Waals surface area contributed by atoms with E-state index >= 15 is 0 Å². The zero-order valence-corrected chi connectivity index (χ0v) is 12.5. The van der Waals surface area contributed by atoms with Crippen molar-refractivity contribution in [1.82, 2.24) is 4.90 Å². The third-order valence-electron chi connectivity index (χ3n) is 3.79. The molecule has 0 aromatic heterocycles. The van der Waals surface area contributed by atoms with E-state index in [9.17, 15) is 0 Å². The van der Waals surface area contributed by atoms with Gasteiger partial charge in [-0.3, -0.25) is 4.90 Å². The van der Waals surface area contributed by atoms with E-state index in [-0.39, 0.29) is 0 Å². The van der Waals surface area contributed by atoms with Crippen LogP contribution in [0.4, 0.5) is 5.69 Å². The molecule has 2 nitrogen and oxygen atoms in total. The highest BCUT2D eigenvalue weighted by atomic mass is 32.2. The van der Waals surface area contributed by atoms with E-state index in [4.69, 9.17) is 0 Å². The number of hydrogen-bond acceptors (Lipinski definition) is 3. The first-order valence-electron chi connectivity index (χ1n) is 6.83. The lowest BCUT2D eigenvalue weighted by molar-refractivity contribution is 0.221. The number of benzene rings is 1. The third kappa shape index (κ3) is 3.66. The van der Waals surface area contributed by atoms with Crippen LogP contribution in [-0.4, -0.2) is 41.6 Å². The van der Waals surface area contributed by atoms with Gasteiger partial charge in [-0.05, 0) is 26.0 Å². The summed E-state index contributed by atoms with van der Waals surface area (Å²) >= 11 is 2.10. The Morgan fingerprint density at radius 1 is 1.28 bits per heavy atom. The van der Waals surface area contributed by atoms with Crippen LogP contribution in [0.3, 0.4) is 0 Å². The van der Waals surface area contributed by atoms with Crippen LogP contribution in [0.5, 0.6) is 0 Å². The molecule has 1 N–H and O–H groups in total. The second-order valence-electron chi connectivity index (χ2n) is 5.15. The molecule has 0 aliphatic carbocycles. The van der Waals surface area contributed by atoms with Gasteiger partial charge in [-0.25, -0.2) is 0 Å². The van der Waals surface area contributed by atoms with E-state index in [1.165, 1.54) is 23.5 Å². The normalized spacial score (nSPS) is 25.1. The molecule has 3 heteroatoms. The first kappa shape index (κ1) is 13.8. The van der Waals surface area contributed by atoms with E-state index in [1.54, 1.807) is 0 Å². The number of aryl methyl sites for hydroxylation is 1. The van der Waals surface area contributed by atoms with Crippen LogP contribution in [-0.2, 0) is 0 Å². The first-order valence-corrected chi connectivity index (χ1v) is 7.88. The van der Waals surface area contributed by atoms with Crippen LogP contribution in [0.25, 0.3) is 0 Å². The SMILES string of the molecule is Cc1ccc(NCCN2CCSC(C)C2C)cc1. The minimum atomic E-state index is 0.698. The zero-order chi connectivity index (χ0) is 13.0. The average molecular weight is 264 g/mol. The summed E-state index contributed by atoms with van der Waals surface area (Å²) in [6.45, 7) is 10.2. The van der Waals surface area contributed by atoms with E-state index in [1.807, 2.05) is 0 Å². The molecule has 2 unspecified atom stereocenters. The van der Waals surface area contributed by atoms with Gasteiger partial charge in [0, 0.05) is 42.4 Å². The van der Waals surface area contributed by atoms with Gasteiger partial charge in [0.1, 0.15) is 0 Å². The lowest BCUT2D eigenvalue weighted by Gasteiger charge is -2.37. The quantitative estimate of drug-likeness (QED) is 0.899. The summed E-state index contributed by atoms with van der Waals surface area (Å²) in [6.07, 6.45) is 0. The predicted octanol–water partition coefficient (Wildman–Crippen LogP) is 3.23. The highest BCUT2D eigenvalue weighted by Crippen LogP contribution is 2.23. The Hall–Kier alpha value is -0.670. The summed E-state index contributed by atoms with van der Waals surface area (Å²) in [4.78, 5) is 2.60. The number of hydrogen-bond donors (Lipinski definition) is 1. The predicted molar refractivity (Wildman–Crippen MR) is 82.6 cm³/mol. The van der Waals surface area contributed by atoms with Crippen molar-refractivity contribution >= 4 is 17.4 Å². The number of nitrogens with zero attached hydrogens (tertiary/aromatic N) is 1. The van der Waals surface area contributed by atoms with Crippen LogP contribution in [0, 0.1) is 6.92 Å². The largest absolute Gasteiger partial charge is 0.384 e. The van der Waals surface area contributed by atoms with Crippen molar-refractivity contribution in [3.05, 3.63) is 29.8 Å². The Balaban J connectivity index is 1.76. The maximum atomic E-state index is 3.51. The maximum Gasteiger partial charge on any atom is 0.0340 e. The van der Waals surface area contributed by atoms with Gasteiger partial charge >= 0.3 is 0 Å². The highest BCUT2D eigenvalue weighted by Gasteiger charge is 2.24. The van der Waals surface area contributed by atoms with Crippen molar-refractivity contribution in [1.29, 1.82) is 0 Å². The van der Waals surface area contributed by atoms with Crippen molar-refractivity contribution in [3.8, 4) is 0 Å². The molecular weight excluding hydrogens is 240 g/mol. The molecule has 1 heterocycles. The fraction of sp³-hybridized carbons (Fsp3) is 0.600. The van der Waals surface area contributed by atoms with Crippen molar-refractivity contribution in [2.75, 3.05) is 30.7 Å². The maximum absolute atomic E-state index is 3.51. The van der Waals surface area contributed by atoms with Crippen molar-refractivity contribution in [3.63, 3.8) is 0 Å². The molecule has 0 bridgehead atoms. The second kappa shape index (κ2) is 6.48. The fourth-order valence-electron chi connectivity index (χ4n) is 2.33. The van der Waals surface area contributed by atoms with Gasteiger partial charge in [-0.15, -0.1) is 0 Å². The monoisotopic (exact) mass is 264 g/mol. The molecule has 1 aliphatic heterocycles. The molecule has 0 saturated carbocycles. The molecule has 1 fully saturated rings. The smallest absolute Gasteiger partial charge is 0.0340 e. The Bertz CT molecular complexity index is 363. The molecule has 1 aromatic rings. The van der Waals surface area contributed by atoms with Gasteiger partial charge in [-0.1, -0.05) is 24.6 Å². The molecule has 0 spiro atoms. The molecule has 18 heavy (non-hydrogen) atoms. The van der Waals surface area contributed by atoms with Gasteiger partial charge in [-0.2, -0.15) is 11.8 Å². The average Bonchev–Trinajstić information content (AvgIpc) is 2.37. The van der Waals surface area contributed by atoms with Crippen LogP contribution >= 0.6 is 11.8 Å². The molecule has 1 aliphatic rings. The van der Waals surface area contributed by atoms with Crippen molar-refractivity contribution in [2.45, 2.75) is 32.1 Å². The zero-order valence-electron chi connectivity index (χ0n) is 11.6. The van der Waals surface area contributed by atoms with Gasteiger partial charge in [0.05, 0.1) is 0 Å². The minimum absolute atomic E-state index is 0.698. The van der Waals surface area contributed by atoms with E-state index in [0.29, 0.717) is 6.04 Å². The molecule has 2 rings (SSSR count). The highest BCUT2D eigenvalue weighted by molar-refractivity contribution is 8.00. The van der Waals surface area contributed by atoms with Gasteiger partial charge in [0.25, 0.3) is 0 Å². The number of anilines is 1. The molecule has 1 aromatic carbocycles. The van der Waals surface area contributed by atoms with Gasteiger partial charge in [0.15, 0.2) is 0 Å². The van der Waals surface area contributed by atoms with E-state index in [0.717, 1.165) is 18.3 Å². The fourth-order valence-corrected chi connectivity index (χ4v) is 3.49. The molecule has 0 amide bonds. The Kier molecular flexibility index (Phi) is 4.95. The van der Waals surface area contributed by atoms with Crippen LogP contribution in [0.2, 0.25) is 0 Å². The Labute approximate surface area is 115 Å². The summed E-state index contributed by atoms with van der Waals surface area (Å²) in [5.41, 5.74) is 2.55. The van der Waals surface area contributed by atoms with Gasteiger partial charge < -0.3 is 5.32 Å². The second-order valence-corrected chi connectivity index (χ2v) is 6.63. The number of nitrogens with one attached hydrogen (secondary N) is 1. The Morgan fingerprint density at radius 3 is 2.72 bits per heavy atom. The molecule has 1 saturated heterocycles. The summed E-state index contributed by atoms with van der Waals surface area (Å²) in [5, 5.41) is 4.27. The third-order valence-corrected chi connectivity index (χ3v) is 5.13. The van der Waals surface area contributed by atoms with Crippen molar-refractivity contribution in [2.24, 2.45) is 0 Å². The first-order chi connectivity index (χ1) is 8.66. The number of rotatable bonds is 4. The van der Waals surface area contributed by atoms with E-state index in [2.05, 4.69) is 67.0 Å². The topological polar surface area (TPSA) is 15.3 Å². The molecule has 0 radical (unpaired) electrons. The van der Waals surface area contributed by atoms with Gasteiger partial charge in [0.2, 0.25) is 0 Å². The summed E-state index contributed by atoms with van der Waals surface area (Å²) in [5.74, 6) is 1.27. The lowest BCUT2D eigenvalue weighted by atomic mass is 10.2.